The van der Waals surface area contributed by atoms with Gasteiger partial charge in [0.2, 0.25) is 5.89 Å². The molecule has 1 aromatic carbocycles. The lowest BCUT2D eigenvalue weighted by Crippen LogP contribution is -2.00. The molecule has 96 valence electrons. The Morgan fingerprint density at radius 2 is 2.00 bits per heavy atom. The minimum atomic E-state index is 0.355. The Bertz CT molecular complexity index is 662. The highest BCUT2D eigenvalue weighted by atomic mass is 35.5. The average Bonchev–Trinajstić information content (AvgIpc) is 3.09. The van der Waals surface area contributed by atoms with E-state index < -0.39 is 0 Å². The number of alkyl halides is 1. The van der Waals surface area contributed by atoms with Crippen molar-refractivity contribution in [1.29, 1.82) is 0 Å². The number of aromatic nitrogens is 4. The molecule has 5 nitrogen and oxygen atoms in total. The lowest BCUT2D eigenvalue weighted by molar-refractivity contribution is 0.568. The lowest BCUT2D eigenvalue weighted by Gasteiger charge is -1.94. The van der Waals surface area contributed by atoms with Crippen molar-refractivity contribution in [3.8, 4) is 11.5 Å². The summed E-state index contributed by atoms with van der Waals surface area (Å²) in [5.41, 5.74) is 2.49. The van der Waals surface area contributed by atoms with Crippen LogP contribution in [-0.4, -0.2) is 20.0 Å². The molecule has 0 saturated carbocycles. The van der Waals surface area contributed by atoms with Crippen molar-refractivity contribution < 1.29 is 4.42 Å². The molecule has 0 radical (unpaired) electrons. The number of oxazole rings is 1. The average molecular weight is 275 g/mol. The fourth-order valence-electron chi connectivity index (χ4n) is 1.74. The summed E-state index contributed by atoms with van der Waals surface area (Å²) in [5, 5.41) is 7.88. The highest BCUT2D eigenvalue weighted by molar-refractivity contribution is 6.16. The zero-order chi connectivity index (χ0) is 13.1. The van der Waals surface area contributed by atoms with Gasteiger partial charge in [0, 0.05) is 5.56 Å². The van der Waals surface area contributed by atoms with Gasteiger partial charge in [-0.15, -0.1) is 16.7 Å². The molecule has 0 N–H and O–H groups in total. The van der Waals surface area contributed by atoms with Gasteiger partial charge in [-0.1, -0.05) is 23.4 Å². The highest BCUT2D eigenvalue weighted by Crippen LogP contribution is 2.18. The van der Waals surface area contributed by atoms with Crippen LogP contribution in [0.1, 0.15) is 11.4 Å². The summed E-state index contributed by atoms with van der Waals surface area (Å²) >= 11 is 5.68. The minimum Gasteiger partial charge on any atom is -0.444 e. The minimum absolute atomic E-state index is 0.355. The topological polar surface area (TPSA) is 56.7 Å². The smallest absolute Gasteiger partial charge is 0.226 e. The lowest BCUT2D eigenvalue weighted by atomic mass is 10.2. The molecule has 0 aliphatic rings. The van der Waals surface area contributed by atoms with Crippen LogP contribution in [0.5, 0.6) is 0 Å². The maximum absolute atomic E-state index is 5.68. The molecule has 0 aliphatic heterocycles. The van der Waals surface area contributed by atoms with E-state index in [1.807, 2.05) is 30.3 Å². The van der Waals surface area contributed by atoms with E-state index in [1.165, 1.54) is 0 Å². The van der Waals surface area contributed by atoms with E-state index in [0.29, 0.717) is 18.3 Å². The van der Waals surface area contributed by atoms with Crippen LogP contribution in [0.15, 0.2) is 47.2 Å². The molecule has 0 fully saturated rings. The number of hydrogen-bond donors (Lipinski definition) is 0. The second kappa shape index (κ2) is 5.24. The maximum atomic E-state index is 5.68. The van der Waals surface area contributed by atoms with Crippen LogP contribution < -0.4 is 0 Å². The monoisotopic (exact) mass is 274 g/mol. The van der Waals surface area contributed by atoms with Gasteiger partial charge in [0.1, 0.15) is 12.0 Å². The van der Waals surface area contributed by atoms with Gasteiger partial charge >= 0.3 is 0 Å². The third-order valence-electron chi connectivity index (χ3n) is 2.62. The molecule has 0 bridgehead atoms. The van der Waals surface area contributed by atoms with Crippen molar-refractivity contribution >= 4 is 11.6 Å². The van der Waals surface area contributed by atoms with Crippen molar-refractivity contribution in [2.24, 2.45) is 0 Å². The van der Waals surface area contributed by atoms with Crippen molar-refractivity contribution in [3.63, 3.8) is 0 Å². The Balaban J connectivity index is 1.78. The zero-order valence-electron chi connectivity index (χ0n) is 10.0. The molecular weight excluding hydrogens is 264 g/mol. The Morgan fingerprint density at radius 3 is 2.74 bits per heavy atom. The van der Waals surface area contributed by atoms with Crippen LogP contribution in [0.2, 0.25) is 0 Å². The number of rotatable bonds is 4. The third kappa shape index (κ3) is 2.66. The fraction of sp³-hybridized carbons (Fsp3) is 0.154. The zero-order valence-corrected chi connectivity index (χ0v) is 10.8. The first-order valence-corrected chi connectivity index (χ1v) is 6.33. The van der Waals surface area contributed by atoms with Crippen molar-refractivity contribution in [1.82, 2.24) is 20.0 Å². The summed E-state index contributed by atoms with van der Waals surface area (Å²) in [7, 11) is 0. The van der Waals surface area contributed by atoms with Crippen LogP contribution in [0, 0.1) is 0 Å². The number of benzene rings is 1. The summed E-state index contributed by atoms with van der Waals surface area (Å²) in [6.07, 6.45) is 3.42. The van der Waals surface area contributed by atoms with Gasteiger partial charge in [-0.3, -0.25) is 0 Å². The number of halogens is 1. The second-order valence-corrected chi connectivity index (χ2v) is 4.32. The summed E-state index contributed by atoms with van der Waals surface area (Å²) in [6.45, 7) is 0.514. The summed E-state index contributed by atoms with van der Waals surface area (Å²) in [4.78, 5) is 4.42. The molecule has 6 heteroatoms. The van der Waals surface area contributed by atoms with Crippen LogP contribution >= 0.6 is 11.6 Å². The van der Waals surface area contributed by atoms with Crippen LogP contribution in [0.3, 0.4) is 0 Å². The first-order valence-electron chi connectivity index (χ1n) is 5.80. The van der Waals surface area contributed by atoms with Gasteiger partial charge in [-0.2, -0.15) is 0 Å². The molecule has 0 amide bonds. The summed E-state index contributed by atoms with van der Waals surface area (Å²) in [6, 6.07) is 9.76. The molecule has 2 aromatic heterocycles. The third-order valence-corrected chi connectivity index (χ3v) is 2.89. The van der Waals surface area contributed by atoms with Gasteiger partial charge in [0.25, 0.3) is 0 Å². The second-order valence-electron chi connectivity index (χ2n) is 4.05. The van der Waals surface area contributed by atoms with Crippen LogP contribution in [-0.2, 0) is 12.4 Å². The summed E-state index contributed by atoms with van der Waals surface area (Å²) in [5.74, 6) is 0.960. The molecular formula is C13H11ClN4O. The molecule has 0 spiro atoms. The van der Waals surface area contributed by atoms with Gasteiger partial charge in [0.05, 0.1) is 24.3 Å². The summed E-state index contributed by atoms with van der Waals surface area (Å²) < 4.78 is 7.14. The molecule has 2 heterocycles. The Hall–Kier alpha value is -2.14. The largest absolute Gasteiger partial charge is 0.444 e. The van der Waals surface area contributed by atoms with Crippen LogP contribution in [0.4, 0.5) is 0 Å². The van der Waals surface area contributed by atoms with Crippen molar-refractivity contribution in [2.75, 3.05) is 0 Å². The molecule has 3 aromatic rings. The fourth-order valence-corrected chi connectivity index (χ4v) is 1.86. The van der Waals surface area contributed by atoms with Crippen molar-refractivity contribution in [3.05, 3.63) is 54.2 Å². The molecule has 19 heavy (non-hydrogen) atoms. The van der Waals surface area contributed by atoms with Crippen molar-refractivity contribution in [2.45, 2.75) is 12.4 Å². The molecule has 0 aliphatic carbocycles. The number of nitrogens with zero attached hydrogens (tertiary/aromatic N) is 4. The van der Waals surface area contributed by atoms with Gasteiger partial charge in [-0.05, 0) is 12.1 Å². The quantitative estimate of drug-likeness (QED) is 0.687. The normalized spacial score (nSPS) is 10.8. The SMILES string of the molecule is ClCc1cn(Cc2coc(-c3ccccc3)n2)nn1. The predicted octanol–water partition coefficient (Wildman–Crippen LogP) is 2.72. The van der Waals surface area contributed by atoms with Gasteiger partial charge < -0.3 is 4.42 Å². The van der Waals surface area contributed by atoms with E-state index in [4.69, 9.17) is 16.0 Å². The van der Waals surface area contributed by atoms with E-state index in [1.54, 1.807) is 17.1 Å². The molecule has 0 unspecified atom stereocenters. The standard InChI is InChI=1S/C13H11ClN4O/c14-6-11-7-18(17-16-11)8-12-9-19-13(15-12)10-4-2-1-3-5-10/h1-5,7,9H,6,8H2. The predicted molar refractivity (Wildman–Crippen MR) is 70.6 cm³/mol. The first kappa shape index (κ1) is 11.9. The number of hydrogen-bond acceptors (Lipinski definition) is 4. The van der Waals surface area contributed by atoms with E-state index in [9.17, 15) is 0 Å². The molecule has 0 saturated heterocycles. The Morgan fingerprint density at radius 1 is 1.16 bits per heavy atom. The Kier molecular flexibility index (Phi) is 3.29. The highest BCUT2D eigenvalue weighted by Gasteiger charge is 2.07. The van der Waals surface area contributed by atoms with E-state index >= 15 is 0 Å². The molecule has 0 atom stereocenters. The van der Waals surface area contributed by atoms with E-state index in [0.717, 1.165) is 17.0 Å². The Labute approximate surface area is 114 Å². The van der Waals surface area contributed by atoms with Crippen LogP contribution in [0.25, 0.3) is 11.5 Å². The first-order chi connectivity index (χ1) is 9.35. The maximum Gasteiger partial charge on any atom is 0.226 e. The van der Waals surface area contributed by atoms with E-state index in [-0.39, 0.29) is 0 Å². The van der Waals surface area contributed by atoms with Gasteiger partial charge in [-0.25, -0.2) is 9.67 Å². The van der Waals surface area contributed by atoms with E-state index in [2.05, 4.69) is 15.3 Å². The molecule has 3 rings (SSSR count). The van der Waals surface area contributed by atoms with Gasteiger partial charge in [0.15, 0.2) is 0 Å².